The first kappa shape index (κ1) is 19.5. The van der Waals surface area contributed by atoms with Gasteiger partial charge in [0.05, 0.1) is 6.54 Å². The maximum Gasteiger partial charge on any atom is 0.234 e. The van der Waals surface area contributed by atoms with Crippen LogP contribution in [0.1, 0.15) is 44.0 Å². The third-order valence-corrected chi connectivity index (χ3v) is 5.20. The lowest BCUT2D eigenvalue weighted by Gasteiger charge is -2.32. The molecule has 2 heterocycles. The minimum Gasteiger partial charge on any atom is -0.351 e. The number of hydrogen-bond acceptors (Lipinski definition) is 3. The molecular formula is C21H29FN4O. The predicted molar refractivity (Wildman–Crippen MR) is 104 cm³/mol. The number of likely N-dealkylation sites (tertiary alicyclic amines) is 1. The lowest BCUT2D eigenvalue weighted by Crippen LogP contribution is -2.41. The van der Waals surface area contributed by atoms with Crippen molar-refractivity contribution in [3.05, 3.63) is 53.9 Å². The summed E-state index contributed by atoms with van der Waals surface area (Å²) < 4.78 is 15.2. The molecule has 0 aliphatic carbocycles. The summed E-state index contributed by atoms with van der Waals surface area (Å²) in [5, 5.41) is 2.92. The number of hydrogen-bond donors (Lipinski definition) is 1. The summed E-state index contributed by atoms with van der Waals surface area (Å²) in [7, 11) is 0. The van der Waals surface area contributed by atoms with Gasteiger partial charge in [-0.25, -0.2) is 9.37 Å². The molecular weight excluding hydrogens is 343 g/mol. The monoisotopic (exact) mass is 372 g/mol. The number of benzene rings is 1. The van der Waals surface area contributed by atoms with Crippen LogP contribution in [0.25, 0.3) is 0 Å². The van der Waals surface area contributed by atoms with E-state index in [1.807, 2.05) is 6.20 Å². The molecule has 146 valence electrons. The van der Waals surface area contributed by atoms with Gasteiger partial charge in [-0.2, -0.15) is 0 Å². The number of piperidine rings is 1. The van der Waals surface area contributed by atoms with Crippen molar-refractivity contribution in [1.29, 1.82) is 0 Å². The molecule has 0 saturated carbocycles. The Morgan fingerprint density at radius 3 is 2.63 bits per heavy atom. The third kappa shape index (κ3) is 5.63. The van der Waals surface area contributed by atoms with Crippen LogP contribution >= 0.6 is 0 Å². The summed E-state index contributed by atoms with van der Waals surface area (Å²) in [4.78, 5) is 18.9. The average Bonchev–Trinajstić information content (AvgIpc) is 3.11. The van der Waals surface area contributed by atoms with Crippen LogP contribution in [0.3, 0.4) is 0 Å². The Morgan fingerprint density at radius 1 is 1.26 bits per heavy atom. The maximum absolute atomic E-state index is 12.9. The van der Waals surface area contributed by atoms with Gasteiger partial charge in [0.1, 0.15) is 11.6 Å². The van der Waals surface area contributed by atoms with Crippen LogP contribution in [0.2, 0.25) is 0 Å². The quantitative estimate of drug-likeness (QED) is 0.812. The Bertz CT molecular complexity index is 733. The average molecular weight is 372 g/mol. The van der Waals surface area contributed by atoms with Crippen LogP contribution in [0.15, 0.2) is 36.7 Å². The summed E-state index contributed by atoms with van der Waals surface area (Å²) in [5.74, 6) is 1.98. The molecule has 2 aromatic rings. The summed E-state index contributed by atoms with van der Waals surface area (Å²) in [6, 6.07) is 6.22. The Morgan fingerprint density at radius 2 is 1.96 bits per heavy atom. The van der Waals surface area contributed by atoms with Crippen molar-refractivity contribution >= 4 is 5.91 Å². The van der Waals surface area contributed by atoms with E-state index in [0.717, 1.165) is 43.9 Å². The van der Waals surface area contributed by atoms with Crippen molar-refractivity contribution in [3.63, 3.8) is 0 Å². The molecule has 27 heavy (non-hydrogen) atoms. The van der Waals surface area contributed by atoms with Crippen molar-refractivity contribution in [2.75, 3.05) is 19.6 Å². The third-order valence-electron chi connectivity index (χ3n) is 5.20. The first-order chi connectivity index (χ1) is 13.0. The van der Waals surface area contributed by atoms with Crippen molar-refractivity contribution in [1.82, 2.24) is 19.8 Å². The molecule has 6 heteroatoms. The van der Waals surface area contributed by atoms with Crippen LogP contribution in [0, 0.1) is 11.7 Å². The lowest BCUT2D eigenvalue weighted by molar-refractivity contribution is -0.122. The number of amides is 1. The molecule has 1 N–H and O–H groups in total. The largest absolute Gasteiger partial charge is 0.351 e. The summed E-state index contributed by atoms with van der Waals surface area (Å²) in [6.07, 6.45) is 6.16. The fraction of sp³-hybridized carbons (Fsp3) is 0.524. The standard InChI is InChI=1S/C21H29FN4O/c1-16(2)21-23-9-12-26(21)14-18-7-10-25(11-8-18)15-20(27)24-13-17-3-5-19(22)6-4-17/h3-6,9,12,16,18H,7-8,10-11,13-15H2,1-2H3,(H,24,27). The number of rotatable bonds is 7. The van der Waals surface area contributed by atoms with Crippen LogP contribution in [-0.4, -0.2) is 40.0 Å². The molecule has 1 amide bonds. The number of nitrogens with zero attached hydrogens (tertiary/aromatic N) is 3. The molecule has 0 atom stereocenters. The van der Waals surface area contributed by atoms with Gasteiger partial charge in [0.15, 0.2) is 0 Å². The Labute approximate surface area is 160 Å². The Hall–Kier alpha value is -2.21. The lowest BCUT2D eigenvalue weighted by atomic mass is 9.96. The number of aromatic nitrogens is 2. The van der Waals surface area contributed by atoms with Gasteiger partial charge in [0.25, 0.3) is 0 Å². The highest BCUT2D eigenvalue weighted by Gasteiger charge is 2.22. The summed E-state index contributed by atoms with van der Waals surface area (Å²) in [6.45, 7) is 8.11. The number of halogens is 1. The first-order valence-corrected chi connectivity index (χ1v) is 9.76. The van der Waals surface area contributed by atoms with Gasteiger partial charge in [0, 0.05) is 31.4 Å². The van der Waals surface area contributed by atoms with Gasteiger partial charge in [-0.1, -0.05) is 26.0 Å². The second-order valence-electron chi connectivity index (χ2n) is 7.72. The van der Waals surface area contributed by atoms with E-state index >= 15 is 0 Å². The van der Waals surface area contributed by atoms with Crippen LogP contribution in [0.4, 0.5) is 4.39 Å². The fourth-order valence-electron chi connectivity index (χ4n) is 3.64. The highest BCUT2D eigenvalue weighted by molar-refractivity contribution is 5.78. The maximum atomic E-state index is 12.9. The predicted octanol–water partition coefficient (Wildman–Crippen LogP) is 3.17. The van der Waals surface area contributed by atoms with Gasteiger partial charge in [-0.05, 0) is 49.5 Å². The van der Waals surface area contributed by atoms with E-state index in [4.69, 9.17) is 0 Å². The van der Waals surface area contributed by atoms with Gasteiger partial charge >= 0.3 is 0 Å². The molecule has 5 nitrogen and oxygen atoms in total. The zero-order chi connectivity index (χ0) is 19.2. The minimum absolute atomic E-state index is 0.0227. The Kier molecular flexibility index (Phi) is 6.61. The topological polar surface area (TPSA) is 50.2 Å². The number of imidazole rings is 1. The van der Waals surface area contributed by atoms with Gasteiger partial charge in [-0.3, -0.25) is 9.69 Å². The van der Waals surface area contributed by atoms with Crippen molar-refractivity contribution in [3.8, 4) is 0 Å². The SMILES string of the molecule is CC(C)c1nccn1CC1CCN(CC(=O)NCc2ccc(F)cc2)CC1. The van der Waals surface area contributed by atoms with E-state index in [0.29, 0.717) is 24.9 Å². The highest BCUT2D eigenvalue weighted by Crippen LogP contribution is 2.21. The molecule has 0 bridgehead atoms. The summed E-state index contributed by atoms with van der Waals surface area (Å²) in [5.41, 5.74) is 0.907. The van der Waals surface area contributed by atoms with E-state index in [9.17, 15) is 9.18 Å². The molecule has 0 spiro atoms. The van der Waals surface area contributed by atoms with Crippen LogP contribution in [-0.2, 0) is 17.9 Å². The second-order valence-corrected chi connectivity index (χ2v) is 7.72. The van der Waals surface area contributed by atoms with Crippen LogP contribution < -0.4 is 5.32 Å². The van der Waals surface area contributed by atoms with Crippen molar-refractivity contribution in [2.24, 2.45) is 5.92 Å². The molecule has 1 aliphatic heterocycles. The summed E-state index contributed by atoms with van der Waals surface area (Å²) >= 11 is 0. The molecule has 1 aliphatic rings. The van der Waals surface area contributed by atoms with Gasteiger partial charge < -0.3 is 9.88 Å². The zero-order valence-electron chi connectivity index (χ0n) is 16.2. The molecule has 1 aromatic carbocycles. The molecule has 1 aromatic heterocycles. The Balaban J connectivity index is 1.39. The van der Waals surface area contributed by atoms with Gasteiger partial charge in [0.2, 0.25) is 5.91 Å². The van der Waals surface area contributed by atoms with Gasteiger partial charge in [-0.15, -0.1) is 0 Å². The number of carbonyl (C=O) groups excluding carboxylic acids is 1. The van der Waals surface area contributed by atoms with Crippen molar-refractivity contribution < 1.29 is 9.18 Å². The van der Waals surface area contributed by atoms with E-state index in [1.54, 1.807) is 12.1 Å². The van der Waals surface area contributed by atoms with E-state index < -0.39 is 0 Å². The van der Waals surface area contributed by atoms with E-state index in [2.05, 4.69) is 39.8 Å². The zero-order valence-corrected chi connectivity index (χ0v) is 16.2. The molecule has 0 unspecified atom stereocenters. The van der Waals surface area contributed by atoms with E-state index in [-0.39, 0.29) is 11.7 Å². The smallest absolute Gasteiger partial charge is 0.234 e. The minimum atomic E-state index is -0.260. The first-order valence-electron chi connectivity index (χ1n) is 9.76. The fourth-order valence-corrected chi connectivity index (χ4v) is 3.64. The molecule has 3 rings (SSSR count). The molecule has 0 radical (unpaired) electrons. The molecule has 1 saturated heterocycles. The number of carbonyl (C=O) groups is 1. The van der Waals surface area contributed by atoms with Crippen molar-refractivity contribution in [2.45, 2.75) is 45.7 Å². The number of nitrogens with one attached hydrogen (secondary N) is 1. The highest BCUT2D eigenvalue weighted by atomic mass is 19.1. The normalized spacial score (nSPS) is 16.0. The second kappa shape index (κ2) is 9.13. The van der Waals surface area contributed by atoms with Crippen LogP contribution in [0.5, 0.6) is 0 Å². The van der Waals surface area contributed by atoms with E-state index in [1.165, 1.54) is 12.1 Å². The molecule has 1 fully saturated rings.